The maximum Gasteiger partial charge on any atom is 0.317 e. The van der Waals surface area contributed by atoms with Gasteiger partial charge in [0, 0.05) is 13.1 Å². The van der Waals surface area contributed by atoms with Crippen LogP contribution in [0, 0.1) is 11.3 Å². The van der Waals surface area contributed by atoms with E-state index < -0.39 is 50.1 Å². The number of hydrazone groups is 1. The predicted octanol–water partition coefficient (Wildman–Crippen LogP) is 0.199. The third kappa shape index (κ3) is 10.8. The molecule has 0 unspecified atom stereocenters. The van der Waals surface area contributed by atoms with Crippen LogP contribution in [0.4, 0.5) is 11.4 Å². The van der Waals surface area contributed by atoms with Gasteiger partial charge < -0.3 is 20.4 Å². The van der Waals surface area contributed by atoms with Gasteiger partial charge in [-0.1, -0.05) is 36.4 Å². The van der Waals surface area contributed by atoms with Crippen LogP contribution < -0.4 is 15.7 Å². The molecule has 0 fully saturated rings. The molecule has 39 heavy (non-hydrogen) atoms. The average Bonchev–Trinajstić information content (AvgIpc) is 3.32. The smallest absolute Gasteiger partial charge is 0.317 e. The van der Waals surface area contributed by atoms with Crippen molar-refractivity contribution in [1.82, 2.24) is 15.2 Å². The quantitative estimate of drug-likeness (QED) is 0.229. The van der Waals surface area contributed by atoms with Crippen LogP contribution in [0.15, 0.2) is 65.8 Å². The Morgan fingerprint density at radius 1 is 0.718 bits per heavy atom. The van der Waals surface area contributed by atoms with E-state index in [0.717, 1.165) is 21.2 Å². The van der Waals surface area contributed by atoms with Gasteiger partial charge in [-0.2, -0.15) is 15.5 Å². The first-order chi connectivity index (χ1) is 18.6. The van der Waals surface area contributed by atoms with Crippen LogP contribution in [-0.2, 0) is 19.2 Å². The molecule has 2 aromatic carbocycles. The average molecular weight is 542 g/mol. The molecule has 1 aliphatic rings. The minimum absolute atomic E-state index is 0.0703. The Kier molecular flexibility index (Phi) is 11.7. The highest BCUT2D eigenvalue weighted by Crippen LogP contribution is 2.23. The zero-order valence-electron chi connectivity index (χ0n) is 20.6. The number of rotatable bonds is 13. The number of aliphatic carboxylic acids is 4. The number of hydrogen-bond acceptors (Lipinski definition) is 11. The van der Waals surface area contributed by atoms with Crippen LogP contribution in [0.2, 0.25) is 0 Å². The van der Waals surface area contributed by atoms with Gasteiger partial charge >= 0.3 is 23.9 Å². The second-order valence-electron chi connectivity index (χ2n) is 7.94. The van der Waals surface area contributed by atoms with Crippen molar-refractivity contribution in [2.45, 2.75) is 0 Å². The number of hydrogen-bond donors (Lipinski definition) is 5. The van der Waals surface area contributed by atoms with Crippen LogP contribution in [0.1, 0.15) is 0 Å². The van der Waals surface area contributed by atoms with Gasteiger partial charge in [0.2, 0.25) is 5.84 Å². The minimum atomic E-state index is -1.23. The van der Waals surface area contributed by atoms with Crippen molar-refractivity contribution in [1.29, 1.82) is 5.26 Å². The fourth-order valence-electron chi connectivity index (χ4n) is 3.31. The first-order valence-corrected chi connectivity index (χ1v) is 11.4. The van der Waals surface area contributed by atoms with E-state index in [-0.39, 0.29) is 18.9 Å². The van der Waals surface area contributed by atoms with E-state index in [1.807, 2.05) is 66.7 Å². The molecule has 206 valence electrons. The van der Waals surface area contributed by atoms with Crippen molar-refractivity contribution in [3.63, 3.8) is 0 Å². The predicted molar refractivity (Wildman–Crippen MR) is 137 cm³/mol. The number of nitriles is 1. The molecule has 15 heteroatoms. The van der Waals surface area contributed by atoms with Crippen molar-refractivity contribution in [3.05, 3.63) is 60.7 Å². The van der Waals surface area contributed by atoms with Gasteiger partial charge in [-0.25, -0.2) is 0 Å². The summed E-state index contributed by atoms with van der Waals surface area (Å²) in [4.78, 5) is 44.4. The normalized spacial score (nSPS) is 12.2. The topological polar surface area (TPSA) is 210 Å². The van der Waals surface area contributed by atoms with Crippen LogP contribution in [-0.4, -0.2) is 99.2 Å². The zero-order chi connectivity index (χ0) is 28.8. The Morgan fingerprint density at radius 2 is 1.10 bits per heavy atom. The highest BCUT2D eigenvalue weighted by Gasteiger charge is 2.25. The molecule has 3 rings (SSSR count). The van der Waals surface area contributed by atoms with Crippen molar-refractivity contribution in [2.24, 2.45) is 5.10 Å². The fourth-order valence-corrected chi connectivity index (χ4v) is 3.31. The third-order valence-corrected chi connectivity index (χ3v) is 4.86. The van der Waals surface area contributed by atoms with E-state index in [9.17, 15) is 19.2 Å². The number of amidine groups is 1. The van der Waals surface area contributed by atoms with Crippen molar-refractivity contribution < 1.29 is 39.6 Å². The molecular weight excluding hydrogens is 514 g/mol. The molecule has 0 radical (unpaired) electrons. The van der Waals surface area contributed by atoms with E-state index in [4.69, 9.17) is 25.7 Å². The second-order valence-corrected chi connectivity index (χ2v) is 7.94. The lowest BCUT2D eigenvalue weighted by Gasteiger charge is -2.27. The van der Waals surface area contributed by atoms with Gasteiger partial charge in [-0.05, 0) is 24.3 Å². The number of hydrazine groups is 2. The van der Waals surface area contributed by atoms with Crippen LogP contribution >= 0.6 is 0 Å². The number of para-hydroxylation sites is 2. The van der Waals surface area contributed by atoms with Gasteiger partial charge in [0.05, 0.1) is 37.6 Å². The molecule has 0 spiro atoms. The molecule has 1 heterocycles. The summed E-state index contributed by atoms with van der Waals surface area (Å²) in [6.45, 7) is -2.25. The van der Waals surface area contributed by atoms with E-state index in [1.165, 1.54) is 0 Å². The summed E-state index contributed by atoms with van der Waals surface area (Å²) in [6, 6.07) is 21.4. The number of nitrogens with zero attached hydrogens (tertiary/aromatic N) is 6. The molecule has 2 aromatic rings. The minimum Gasteiger partial charge on any atom is -0.480 e. The van der Waals surface area contributed by atoms with Gasteiger partial charge in [0.15, 0.2) is 0 Å². The summed E-state index contributed by atoms with van der Waals surface area (Å²) < 4.78 is 0. The summed E-state index contributed by atoms with van der Waals surface area (Å²) in [5.41, 5.74) is 4.74. The van der Waals surface area contributed by atoms with E-state index in [1.54, 1.807) is 10.2 Å². The molecule has 0 aromatic heterocycles. The lowest BCUT2D eigenvalue weighted by atomic mass is 10.3. The number of anilines is 2. The highest BCUT2D eigenvalue weighted by molar-refractivity contribution is 6.00. The molecule has 0 saturated heterocycles. The summed E-state index contributed by atoms with van der Waals surface area (Å²) in [6.07, 6.45) is 0. The zero-order valence-corrected chi connectivity index (χ0v) is 20.6. The number of carboxylic acids is 4. The first-order valence-electron chi connectivity index (χ1n) is 11.4. The number of carboxylic acid groups (broad SMARTS) is 4. The molecule has 0 amide bonds. The highest BCUT2D eigenvalue weighted by atomic mass is 16.4. The summed E-state index contributed by atoms with van der Waals surface area (Å²) in [7, 11) is 0. The summed E-state index contributed by atoms with van der Waals surface area (Å²) in [5, 5.41) is 51.1. The monoisotopic (exact) mass is 541 g/mol. The molecule has 1 aliphatic heterocycles. The lowest BCUT2D eigenvalue weighted by molar-refractivity contribution is -0.145. The van der Waals surface area contributed by atoms with Crippen LogP contribution in [0.5, 0.6) is 0 Å². The van der Waals surface area contributed by atoms with Gasteiger partial charge in [0.1, 0.15) is 6.07 Å². The summed E-state index contributed by atoms with van der Waals surface area (Å²) >= 11 is 0. The van der Waals surface area contributed by atoms with Crippen molar-refractivity contribution in [3.8, 4) is 6.07 Å². The van der Waals surface area contributed by atoms with Crippen LogP contribution in [0.3, 0.4) is 0 Å². The maximum absolute atomic E-state index is 10.6. The Bertz CT molecular complexity index is 1140. The standard InChI is InChI=1S/C14H11N5.C10H16N2O8/c15-11-14-16-18(12-7-3-1-4-8-12)19(17-14)13-9-5-2-6-10-13;13-7(14)3-11(4-8(15)16)1-2-12(5-9(17)18)6-10(19)20/h1-10H,(H,16,17);1-6H2,(H,13,14)(H,15,16)(H,17,18)(H,19,20). The molecule has 15 nitrogen and oxygen atoms in total. The molecular formula is C24H27N7O8. The first kappa shape index (κ1) is 30.0. The third-order valence-electron chi connectivity index (χ3n) is 4.86. The number of benzene rings is 2. The fraction of sp³-hybridized carbons (Fsp3) is 0.250. The molecule has 0 aliphatic carbocycles. The lowest BCUT2D eigenvalue weighted by Crippen LogP contribution is -2.44. The van der Waals surface area contributed by atoms with Gasteiger partial charge in [0.25, 0.3) is 0 Å². The van der Waals surface area contributed by atoms with Gasteiger partial charge in [-0.15, -0.1) is 5.10 Å². The Balaban J connectivity index is 0.000000273. The largest absolute Gasteiger partial charge is 0.480 e. The molecule has 0 atom stereocenters. The molecule has 0 saturated carbocycles. The van der Waals surface area contributed by atoms with Crippen molar-refractivity contribution >= 4 is 41.1 Å². The molecule has 5 N–H and O–H groups in total. The molecule has 0 bridgehead atoms. The number of nitrogens with one attached hydrogen (secondary N) is 1. The van der Waals surface area contributed by atoms with E-state index in [0.29, 0.717) is 0 Å². The van der Waals surface area contributed by atoms with Crippen molar-refractivity contribution in [2.75, 3.05) is 49.5 Å². The van der Waals surface area contributed by atoms with E-state index >= 15 is 0 Å². The Labute approximate surface area is 222 Å². The summed E-state index contributed by atoms with van der Waals surface area (Å²) in [5.74, 6) is -4.65. The Morgan fingerprint density at radius 3 is 1.46 bits per heavy atom. The second kappa shape index (κ2) is 15.1. The maximum atomic E-state index is 10.6. The van der Waals surface area contributed by atoms with Gasteiger partial charge in [-0.3, -0.25) is 34.4 Å². The van der Waals surface area contributed by atoms with E-state index in [2.05, 4.69) is 10.5 Å². The Hall–Kier alpha value is -5.20. The van der Waals surface area contributed by atoms with Crippen LogP contribution in [0.25, 0.3) is 0 Å². The number of carbonyl (C=O) groups is 4. The SMILES string of the molecule is N#CC1=NN(c2ccccc2)N(c2ccccc2)N1.O=C(O)CN(CCN(CC(=O)O)CC(=O)O)CC(=O)O.